The van der Waals surface area contributed by atoms with Gasteiger partial charge in [0, 0.05) is 5.56 Å². The number of carboxylic acid groups (broad SMARTS) is 1. The summed E-state index contributed by atoms with van der Waals surface area (Å²) < 4.78 is 13.4. The molecule has 19 heavy (non-hydrogen) atoms. The van der Waals surface area contributed by atoms with Crippen LogP contribution in [0.15, 0.2) is 42.5 Å². The van der Waals surface area contributed by atoms with Crippen LogP contribution in [0.2, 0.25) is 0 Å². The number of carbonyl (C=O) groups is 2. The summed E-state index contributed by atoms with van der Waals surface area (Å²) in [6.45, 7) is 0. The molecule has 1 amide bonds. The summed E-state index contributed by atoms with van der Waals surface area (Å²) in [6, 6.07) is 9.74. The van der Waals surface area contributed by atoms with Crippen LogP contribution in [0.5, 0.6) is 0 Å². The number of halogens is 1. The highest BCUT2D eigenvalue weighted by Crippen LogP contribution is 2.23. The lowest BCUT2D eigenvalue weighted by atomic mass is 10.0. The van der Waals surface area contributed by atoms with Gasteiger partial charge in [0.05, 0.1) is 5.56 Å². The van der Waals surface area contributed by atoms with E-state index in [4.69, 9.17) is 10.8 Å². The Morgan fingerprint density at radius 3 is 2.32 bits per heavy atom. The first-order valence-corrected chi connectivity index (χ1v) is 5.41. The second kappa shape index (κ2) is 4.89. The first-order chi connectivity index (χ1) is 8.97. The van der Waals surface area contributed by atoms with Gasteiger partial charge in [0.15, 0.2) is 0 Å². The van der Waals surface area contributed by atoms with Crippen molar-refractivity contribution in [2.45, 2.75) is 0 Å². The number of nitrogens with two attached hydrogens (primary N) is 1. The Bertz CT molecular complexity index is 667. The standard InChI is InChI=1S/C14H10FNO3/c15-12-6-10(5-11(7-12)14(18)19)8-2-1-3-9(4-8)13(16)17/h1-7H,(H2,16,17)(H,18,19). The SMILES string of the molecule is NC(=O)c1cccc(-c2cc(F)cc(C(=O)O)c2)c1. The second-order valence-corrected chi connectivity index (χ2v) is 3.98. The smallest absolute Gasteiger partial charge is 0.335 e. The Kier molecular flexibility index (Phi) is 3.29. The van der Waals surface area contributed by atoms with Crippen molar-refractivity contribution in [2.24, 2.45) is 5.73 Å². The number of aromatic carboxylic acids is 1. The largest absolute Gasteiger partial charge is 0.478 e. The van der Waals surface area contributed by atoms with Crippen LogP contribution in [0.3, 0.4) is 0 Å². The summed E-state index contributed by atoms with van der Waals surface area (Å²) in [5.41, 5.74) is 6.19. The number of amides is 1. The van der Waals surface area contributed by atoms with Crippen LogP contribution in [0.4, 0.5) is 4.39 Å². The molecule has 3 N–H and O–H groups in total. The van der Waals surface area contributed by atoms with Crippen molar-refractivity contribution in [3.05, 3.63) is 59.4 Å². The molecule has 0 saturated heterocycles. The molecule has 0 aliphatic heterocycles. The third-order valence-electron chi connectivity index (χ3n) is 2.63. The van der Waals surface area contributed by atoms with Crippen LogP contribution >= 0.6 is 0 Å². The van der Waals surface area contributed by atoms with Crippen LogP contribution in [0.25, 0.3) is 11.1 Å². The Balaban J connectivity index is 2.55. The lowest BCUT2D eigenvalue weighted by Crippen LogP contribution is -2.10. The fraction of sp³-hybridized carbons (Fsp3) is 0. The predicted molar refractivity (Wildman–Crippen MR) is 67.3 cm³/mol. The normalized spacial score (nSPS) is 10.2. The number of benzene rings is 2. The maximum atomic E-state index is 13.4. The quantitative estimate of drug-likeness (QED) is 0.887. The highest BCUT2D eigenvalue weighted by atomic mass is 19.1. The zero-order chi connectivity index (χ0) is 14.0. The molecule has 0 saturated carbocycles. The number of hydrogen-bond donors (Lipinski definition) is 2. The number of rotatable bonds is 3. The minimum absolute atomic E-state index is 0.153. The van der Waals surface area contributed by atoms with Crippen molar-refractivity contribution in [1.82, 2.24) is 0 Å². The fourth-order valence-corrected chi connectivity index (χ4v) is 1.73. The first kappa shape index (κ1) is 12.8. The van der Waals surface area contributed by atoms with E-state index in [0.29, 0.717) is 11.1 Å². The van der Waals surface area contributed by atoms with Crippen molar-refractivity contribution < 1.29 is 19.1 Å². The fourth-order valence-electron chi connectivity index (χ4n) is 1.73. The van der Waals surface area contributed by atoms with E-state index in [-0.39, 0.29) is 11.1 Å². The zero-order valence-corrected chi connectivity index (χ0v) is 9.76. The third-order valence-corrected chi connectivity index (χ3v) is 2.63. The highest BCUT2D eigenvalue weighted by molar-refractivity contribution is 5.94. The van der Waals surface area contributed by atoms with Crippen LogP contribution in [-0.2, 0) is 0 Å². The topological polar surface area (TPSA) is 80.4 Å². The van der Waals surface area contributed by atoms with Gasteiger partial charge >= 0.3 is 5.97 Å². The van der Waals surface area contributed by atoms with Gasteiger partial charge in [-0.3, -0.25) is 4.79 Å². The molecule has 0 atom stereocenters. The maximum absolute atomic E-state index is 13.4. The van der Waals surface area contributed by atoms with Crippen LogP contribution in [0, 0.1) is 5.82 Å². The molecule has 0 radical (unpaired) electrons. The number of primary amides is 1. The molecule has 0 spiro atoms. The van der Waals surface area contributed by atoms with Crippen LogP contribution in [-0.4, -0.2) is 17.0 Å². The van der Waals surface area contributed by atoms with Crippen molar-refractivity contribution >= 4 is 11.9 Å². The molecule has 0 fully saturated rings. The zero-order valence-electron chi connectivity index (χ0n) is 9.76. The van der Waals surface area contributed by atoms with Crippen LogP contribution < -0.4 is 5.73 Å². The predicted octanol–water partition coefficient (Wildman–Crippen LogP) is 2.29. The third kappa shape index (κ3) is 2.77. The molecule has 0 bridgehead atoms. The minimum atomic E-state index is -1.22. The monoisotopic (exact) mass is 259 g/mol. The second-order valence-electron chi connectivity index (χ2n) is 3.98. The Labute approximate surface area is 108 Å². The van der Waals surface area contributed by atoms with Gasteiger partial charge in [-0.2, -0.15) is 0 Å². The molecule has 5 heteroatoms. The average Bonchev–Trinajstić information content (AvgIpc) is 2.38. The van der Waals surface area contributed by atoms with E-state index in [1.54, 1.807) is 12.1 Å². The molecule has 0 heterocycles. The molecular formula is C14H10FNO3. The number of carboxylic acids is 1. The molecule has 4 nitrogen and oxygen atoms in total. The van der Waals surface area contributed by atoms with Gasteiger partial charge in [0.25, 0.3) is 0 Å². The Morgan fingerprint density at radius 1 is 1.00 bits per heavy atom. The van der Waals surface area contributed by atoms with E-state index in [1.807, 2.05) is 0 Å². The lowest BCUT2D eigenvalue weighted by Gasteiger charge is -2.05. The Hall–Kier alpha value is -2.69. The van der Waals surface area contributed by atoms with Crippen molar-refractivity contribution in [1.29, 1.82) is 0 Å². The molecular weight excluding hydrogens is 249 g/mol. The van der Waals surface area contributed by atoms with E-state index in [1.165, 1.54) is 24.3 Å². The van der Waals surface area contributed by atoms with Gasteiger partial charge in [-0.05, 0) is 41.5 Å². The van der Waals surface area contributed by atoms with E-state index in [2.05, 4.69) is 0 Å². The van der Waals surface area contributed by atoms with Gasteiger partial charge < -0.3 is 10.8 Å². The van der Waals surface area contributed by atoms with Crippen LogP contribution in [0.1, 0.15) is 20.7 Å². The molecule has 2 aromatic carbocycles. The summed E-state index contributed by atoms with van der Waals surface area (Å²) in [4.78, 5) is 22.0. The van der Waals surface area contributed by atoms with Gasteiger partial charge in [0.1, 0.15) is 5.82 Å². The van der Waals surface area contributed by atoms with Gasteiger partial charge in [-0.15, -0.1) is 0 Å². The van der Waals surface area contributed by atoms with Gasteiger partial charge in [-0.25, -0.2) is 9.18 Å². The van der Waals surface area contributed by atoms with Gasteiger partial charge in [-0.1, -0.05) is 12.1 Å². The molecule has 0 aliphatic rings. The van der Waals surface area contributed by atoms with Crippen molar-refractivity contribution in [2.75, 3.05) is 0 Å². The summed E-state index contributed by atoms with van der Waals surface area (Å²) in [6.07, 6.45) is 0. The number of hydrogen-bond acceptors (Lipinski definition) is 2. The lowest BCUT2D eigenvalue weighted by molar-refractivity contribution is 0.0696. The van der Waals surface area contributed by atoms with E-state index in [0.717, 1.165) is 6.07 Å². The van der Waals surface area contributed by atoms with E-state index in [9.17, 15) is 14.0 Å². The molecule has 2 aromatic rings. The van der Waals surface area contributed by atoms with E-state index < -0.39 is 17.7 Å². The maximum Gasteiger partial charge on any atom is 0.335 e. The van der Waals surface area contributed by atoms with Crippen molar-refractivity contribution in [3.63, 3.8) is 0 Å². The van der Waals surface area contributed by atoms with Crippen molar-refractivity contribution in [3.8, 4) is 11.1 Å². The van der Waals surface area contributed by atoms with Gasteiger partial charge in [0.2, 0.25) is 5.91 Å². The number of carbonyl (C=O) groups excluding carboxylic acids is 1. The molecule has 0 aliphatic carbocycles. The molecule has 0 aromatic heterocycles. The van der Waals surface area contributed by atoms with E-state index >= 15 is 0 Å². The summed E-state index contributed by atoms with van der Waals surface area (Å²) in [5.74, 6) is -2.47. The summed E-state index contributed by atoms with van der Waals surface area (Å²) >= 11 is 0. The summed E-state index contributed by atoms with van der Waals surface area (Å²) in [7, 11) is 0. The average molecular weight is 259 g/mol. The molecule has 96 valence electrons. The first-order valence-electron chi connectivity index (χ1n) is 5.41. The molecule has 0 unspecified atom stereocenters. The minimum Gasteiger partial charge on any atom is -0.478 e. The Morgan fingerprint density at radius 2 is 1.68 bits per heavy atom. The summed E-state index contributed by atoms with van der Waals surface area (Å²) in [5, 5.41) is 8.88. The molecule has 2 rings (SSSR count). The highest BCUT2D eigenvalue weighted by Gasteiger charge is 2.09.